The van der Waals surface area contributed by atoms with Gasteiger partial charge in [0.05, 0.1) is 12.2 Å². The molecule has 0 saturated heterocycles. The SMILES string of the molecule is O=C(Nc1ccn(Cc2cccc(Cl)c2)n1)c1cc2nc(-c3ccc4ccccc4c3)cc(C(F)(F)F)n2n1. The van der Waals surface area contributed by atoms with Gasteiger partial charge in [0, 0.05) is 28.9 Å². The van der Waals surface area contributed by atoms with Gasteiger partial charge in [-0.05, 0) is 40.6 Å². The quantitative estimate of drug-likeness (QED) is 0.260. The first-order chi connectivity index (χ1) is 18.7. The zero-order chi connectivity index (χ0) is 27.1. The van der Waals surface area contributed by atoms with Gasteiger partial charge >= 0.3 is 6.18 Å². The molecule has 0 aliphatic heterocycles. The van der Waals surface area contributed by atoms with Gasteiger partial charge in [0.25, 0.3) is 5.91 Å². The zero-order valence-corrected chi connectivity index (χ0v) is 20.8. The second-order valence-electron chi connectivity index (χ2n) is 8.87. The molecule has 39 heavy (non-hydrogen) atoms. The Morgan fingerprint density at radius 2 is 1.72 bits per heavy atom. The molecule has 0 unspecified atom stereocenters. The topological polar surface area (TPSA) is 77.1 Å². The van der Waals surface area contributed by atoms with E-state index >= 15 is 0 Å². The van der Waals surface area contributed by atoms with Gasteiger partial charge in [0.2, 0.25) is 0 Å². The van der Waals surface area contributed by atoms with E-state index in [1.807, 2.05) is 42.5 Å². The van der Waals surface area contributed by atoms with Crippen LogP contribution in [0.3, 0.4) is 0 Å². The first-order valence-corrected chi connectivity index (χ1v) is 12.2. The molecule has 6 rings (SSSR count). The molecule has 11 heteroatoms. The average Bonchev–Trinajstić information content (AvgIpc) is 3.54. The van der Waals surface area contributed by atoms with Crippen LogP contribution in [0.4, 0.5) is 19.0 Å². The van der Waals surface area contributed by atoms with Crippen LogP contribution in [0.5, 0.6) is 0 Å². The van der Waals surface area contributed by atoms with Gasteiger partial charge in [-0.1, -0.05) is 60.1 Å². The highest BCUT2D eigenvalue weighted by atomic mass is 35.5. The number of fused-ring (bicyclic) bond motifs is 2. The number of hydrogen-bond donors (Lipinski definition) is 1. The molecular formula is C28H18ClF3N6O. The average molecular weight is 547 g/mol. The number of carbonyl (C=O) groups is 1. The molecule has 0 aliphatic rings. The van der Waals surface area contributed by atoms with Crippen LogP contribution in [0.2, 0.25) is 5.02 Å². The number of amides is 1. The van der Waals surface area contributed by atoms with E-state index in [4.69, 9.17) is 11.6 Å². The number of anilines is 1. The number of hydrogen-bond acceptors (Lipinski definition) is 4. The van der Waals surface area contributed by atoms with Crippen molar-refractivity contribution in [3.63, 3.8) is 0 Å². The smallest absolute Gasteiger partial charge is 0.304 e. The monoisotopic (exact) mass is 546 g/mol. The highest BCUT2D eigenvalue weighted by molar-refractivity contribution is 6.30. The maximum absolute atomic E-state index is 14.0. The summed E-state index contributed by atoms with van der Waals surface area (Å²) in [6, 6.07) is 23.8. The number of rotatable bonds is 5. The lowest BCUT2D eigenvalue weighted by molar-refractivity contribution is -0.142. The van der Waals surface area contributed by atoms with Crippen LogP contribution >= 0.6 is 11.6 Å². The van der Waals surface area contributed by atoms with Gasteiger partial charge in [-0.3, -0.25) is 9.48 Å². The Kier molecular flexibility index (Phi) is 6.03. The molecule has 0 atom stereocenters. The fourth-order valence-corrected chi connectivity index (χ4v) is 4.52. The molecule has 0 aliphatic carbocycles. The number of aromatic nitrogens is 5. The summed E-state index contributed by atoms with van der Waals surface area (Å²) in [5.41, 5.74) is 0.168. The van der Waals surface area contributed by atoms with E-state index in [2.05, 4.69) is 20.5 Å². The highest BCUT2D eigenvalue weighted by Crippen LogP contribution is 2.33. The predicted molar refractivity (Wildman–Crippen MR) is 142 cm³/mol. The third-order valence-corrected chi connectivity index (χ3v) is 6.35. The molecule has 0 spiro atoms. The summed E-state index contributed by atoms with van der Waals surface area (Å²) >= 11 is 6.02. The van der Waals surface area contributed by atoms with Gasteiger partial charge in [-0.2, -0.15) is 23.4 Å². The van der Waals surface area contributed by atoms with E-state index < -0.39 is 17.8 Å². The van der Waals surface area contributed by atoms with Crippen molar-refractivity contribution in [3.8, 4) is 11.3 Å². The molecule has 3 aromatic carbocycles. The number of nitrogens with one attached hydrogen (secondary N) is 1. The van der Waals surface area contributed by atoms with Crippen molar-refractivity contribution in [3.05, 3.63) is 113 Å². The molecule has 6 aromatic rings. The summed E-state index contributed by atoms with van der Waals surface area (Å²) in [6.45, 7) is 0.418. The molecule has 3 heterocycles. The third-order valence-electron chi connectivity index (χ3n) is 6.11. The van der Waals surface area contributed by atoms with Gasteiger partial charge in [-0.15, -0.1) is 0 Å². The van der Waals surface area contributed by atoms with E-state index in [0.29, 0.717) is 21.6 Å². The second kappa shape index (κ2) is 9.55. The van der Waals surface area contributed by atoms with Crippen LogP contribution in [-0.2, 0) is 12.7 Å². The summed E-state index contributed by atoms with van der Waals surface area (Å²) in [5, 5.41) is 13.2. The Morgan fingerprint density at radius 3 is 2.51 bits per heavy atom. The summed E-state index contributed by atoms with van der Waals surface area (Å²) in [4.78, 5) is 17.3. The molecule has 1 N–H and O–H groups in total. The largest absolute Gasteiger partial charge is 0.433 e. The third kappa shape index (κ3) is 5.06. The van der Waals surface area contributed by atoms with Crippen molar-refractivity contribution in [2.45, 2.75) is 12.7 Å². The van der Waals surface area contributed by atoms with Gasteiger partial charge in [-0.25, -0.2) is 9.50 Å². The van der Waals surface area contributed by atoms with Crippen LogP contribution in [0, 0.1) is 0 Å². The zero-order valence-electron chi connectivity index (χ0n) is 20.0. The first kappa shape index (κ1) is 24.6. The van der Waals surface area contributed by atoms with Gasteiger partial charge in [0.1, 0.15) is 0 Å². The standard InChI is InChI=1S/C28H18ClF3N6O/c29-21-7-3-4-17(12-21)16-37-11-10-25(36-37)34-27(39)23-15-26-33-22(14-24(28(30,31)32)38(26)35-23)20-9-8-18-5-1-2-6-19(18)13-20/h1-15H,16H2,(H,34,36,39). The van der Waals surface area contributed by atoms with Crippen molar-refractivity contribution >= 4 is 39.7 Å². The number of nitrogens with zero attached hydrogens (tertiary/aromatic N) is 5. The Balaban J connectivity index is 1.30. The lowest BCUT2D eigenvalue weighted by Gasteiger charge is -2.11. The van der Waals surface area contributed by atoms with E-state index in [1.54, 1.807) is 41.2 Å². The van der Waals surface area contributed by atoms with E-state index in [9.17, 15) is 18.0 Å². The summed E-state index contributed by atoms with van der Waals surface area (Å²) < 4.78 is 44.3. The Labute approximate surface area is 224 Å². The molecular weight excluding hydrogens is 529 g/mol. The van der Waals surface area contributed by atoms with E-state index in [0.717, 1.165) is 22.4 Å². The van der Waals surface area contributed by atoms with Crippen LogP contribution in [0.1, 0.15) is 21.7 Å². The summed E-state index contributed by atoms with van der Waals surface area (Å²) in [5.74, 6) is -0.492. The highest BCUT2D eigenvalue weighted by Gasteiger charge is 2.35. The Morgan fingerprint density at radius 1 is 0.897 bits per heavy atom. The lowest BCUT2D eigenvalue weighted by Crippen LogP contribution is -2.16. The molecule has 0 radical (unpaired) electrons. The fraction of sp³-hybridized carbons (Fsp3) is 0.0714. The molecule has 0 saturated carbocycles. The van der Waals surface area contributed by atoms with Crippen molar-refractivity contribution in [1.82, 2.24) is 24.4 Å². The minimum Gasteiger partial charge on any atom is -0.304 e. The molecule has 3 aromatic heterocycles. The maximum atomic E-state index is 14.0. The first-order valence-electron chi connectivity index (χ1n) is 11.8. The molecule has 194 valence electrons. The Bertz CT molecular complexity index is 1860. The molecule has 1 amide bonds. The second-order valence-corrected chi connectivity index (χ2v) is 9.30. The van der Waals surface area contributed by atoms with Crippen molar-refractivity contribution in [1.29, 1.82) is 0 Å². The van der Waals surface area contributed by atoms with Gasteiger partial charge < -0.3 is 5.32 Å². The lowest BCUT2D eigenvalue weighted by atomic mass is 10.0. The minimum absolute atomic E-state index is 0.107. The predicted octanol–water partition coefficient (Wildman–Crippen LogP) is 6.72. The Hall–Kier alpha value is -4.70. The van der Waals surface area contributed by atoms with E-state index in [1.165, 1.54) is 6.07 Å². The number of benzene rings is 3. The molecule has 0 bridgehead atoms. The number of alkyl halides is 3. The fourth-order valence-electron chi connectivity index (χ4n) is 4.30. The van der Waals surface area contributed by atoms with Crippen LogP contribution in [0.25, 0.3) is 27.7 Å². The van der Waals surface area contributed by atoms with Crippen LogP contribution in [-0.4, -0.2) is 30.3 Å². The summed E-state index contributed by atoms with van der Waals surface area (Å²) in [6.07, 6.45) is -3.06. The number of halogens is 4. The van der Waals surface area contributed by atoms with E-state index in [-0.39, 0.29) is 22.9 Å². The minimum atomic E-state index is -4.73. The maximum Gasteiger partial charge on any atom is 0.433 e. The van der Waals surface area contributed by atoms with Crippen molar-refractivity contribution < 1.29 is 18.0 Å². The summed E-state index contributed by atoms with van der Waals surface area (Å²) in [7, 11) is 0. The molecule has 7 nitrogen and oxygen atoms in total. The normalized spacial score (nSPS) is 11.8. The van der Waals surface area contributed by atoms with Crippen molar-refractivity contribution in [2.24, 2.45) is 0 Å². The number of carbonyl (C=O) groups excluding carboxylic acids is 1. The van der Waals surface area contributed by atoms with Crippen LogP contribution < -0.4 is 5.32 Å². The van der Waals surface area contributed by atoms with Gasteiger partial charge in [0.15, 0.2) is 22.9 Å². The van der Waals surface area contributed by atoms with Crippen LogP contribution in [0.15, 0.2) is 91.1 Å². The van der Waals surface area contributed by atoms with Crippen molar-refractivity contribution in [2.75, 3.05) is 5.32 Å². The molecule has 0 fully saturated rings.